The Morgan fingerprint density at radius 1 is 1.07 bits per heavy atom. The first kappa shape index (κ1) is 17.7. The zero-order valence-corrected chi connectivity index (χ0v) is 14.9. The minimum absolute atomic E-state index is 0.00741. The lowest BCUT2D eigenvalue weighted by atomic mass is 9.99. The van der Waals surface area contributed by atoms with Crippen LogP contribution in [0.1, 0.15) is 19.1 Å². The van der Waals surface area contributed by atoms with Gasteiger partial charge in [-0.3, -0.25) is 10.1 Å². The second-order valence-electron chi connectivity index (χ2n) is 6.50. The number of nitro groups is 1. The number of hydrogen-bond acceptors (Lipinski definition) is 6. The van der Waals surface area contributed by atoms with E-state index in [4.69, 9.17) is 8.83 Å². The molecule has 28 heavy (non-hydrogen) atoms. The van der Waals surface area contributed by atoms with Crippen LogP contribution >= 0.6 is 0 Å². The molecule has 7 nitrogen and oxygen atoms in total. The van der Waals surface area contributed by atoms with Gasteiger partial charge in [-0.05, 0) is 36.8 Å². The molecule has 0 amide bonds. The summed E-state index contributed by atoms with van der Waals surface area (Å²) in [6, 6.07) is 12.9. The van der Waals surface area contributed by atoms with E-state index in [-0.39, 0.29) is 23.3 Å². The Morgan fingerprint density at radius 3 is 2.46 bits per heavy atom. The Morgan fingerprint density at radius 2 is 1.79 bits per heavy atom. The van der Waals surface area contributed by atoms with Gasteiger partial charge in [-0.2, -0.15) is 0 Å². The van der Waals surface area contributed by atoms with Gasteiger partial charge in [-0.25, -0.2) is 4.79 Å². The molecule has 4 aromatic rings. The molecule has 0 unspecified atom stereocenters. The van der Waals surface area contributed by atoms with E-state index in [0.29, 0.717) is 39.9 Å². The van der Waals surface area contributed by atoms with Gasteiger partial charge in [0.25, 0.3) is 5.69 Å². The fourth-order valence-electron chi connectivity index (χ4n) is 3.28. The first-order valence-electron chi connectivity index (χ1n) is 8.67. The Labute approximate surface area is 158 Å². The highest BCUT2D eigenvalue weighted by atomic mass is 16.6. The monoisotopic (exact) mass is 377 g/mol. The summed E-state index contributed by atoms with van der Waals surface area (Å²) in [6.07, 6.45) is 0.563. The summed E-state index contributed by atoms with van der Waals surface area (Å²) < 4.78 is 11.5. The lowest BCUT2D eigenvalue weighted by Crippen LogP contribution is -2.00. The van der Waals surface area contributed by atoms with Crippen molar-refractivity contribution in [1.82, 2.24) is 0 Å². The molecule has 7 heteroatoms. The quantitative estimate of drug-likeness (QED) is 0.285. The zero-order chi connectivity index (χ0) is 19.8. The standard InChI is InChI=1S/C21H15NO6/c1-12(23)6-11-17-18(13-7-9-14(10-8-13)22(25)26)19-20(27-17)15-4-2-3-5-16(15)28-21(19)24/h2-5,7-10H,6,11H2,1H3. The van der Waals surface area contributed by atoms with Gasteiger partial charge in [0.15, 0.2) is 5.58 Å². The van der Waals surface area contributed by atoms with Crippen molar-refractivity contribution in [2.24, 2.45) is 0 Å². The summed E-state index contributed by atoms with van der Waals surface area (Å²) in [5.41, 5.74) is 1.27. The largest absolute Gasteiger partial charge is 0.459 e. The number of fused-ring (bicyclic) bond motifs is 3. The number of non-ortho nitro benzene ring substituents is 1. The molecule has 0 saturated carbocycles. The summed E-state index contributed by atoms with van der Waals surface area (Å²) in [5, 5.41) is 11.9. The van der Waals surface area contributed by atoms with Crippen LogP contribution < -0.4 is 5.63 Å². The molecule has 4 rings (SSSR count). The predicted molar refractivity (Wildman–Crippen MR) is 103 cm³/mol. The maximum Gasteiger partial charge on any atom is 0.348 e. The van der Waals surface area contributed by atoms with Crippen molar-refractivity contribution in [2.45, 2.75) is 19.8 Å². The minimum Gasteiger partial charge on any atom is -0.459 e. The third-order valence-electron chi connectivity index (χ3n) is 4.59. The molecule has 140 valence electrons. The van der Waals surface area contributed by atoms with E-state index in [2.05, 4.69) is 0 Å². The Kier molecular flexibility index (Phi) is 4.27. The highest BCUT2D eigenvalue weighted by Gasteiger charge is 2.22. The molecule has 0 bridgehead atoms. The second-order valence-corrected chi connectivity index (χ2v) is 6.50. The topological polar surface area (TPSA) is 104 Å². The van der Waals surface area contributed by atoms with Crippen molar-refractivity contribution in [3.8, 4) is 11.1 Å². The normalized spacial score (nSPS) is 11.2. The molecular weight excluding hydrogens is 362 g/mol. The number of Topliss-reactive ketones (excluding diaryl/α,β-unsaturated/α-hetero) is 1. The average molecular weight is 377 g/mol. The van der Waals surface area contributed by atoms with E-state index >= 15 is 0 Å². The summed E-state index contributed by atoms with van der Waals surface area (Å²) in [7, 11) is 0. The van der Waals surface area contributed by atoms with E-state index in [1.807, 2.05) is 6.07 Å². The van der Waals surface area contributed by atoms with Crippen LogP contribution in [0, 0.1) is 10.1 Å². The number of nitrogens with zero attached hydrogens (tertiary/aromatic N) is 1. The first-order chi connectivity index (χ1) is 13.5. The Bertz CT molecular complexity index is 1280. The van der Waals surface area contributed by atoms with E-state index in [1.165, 1.54) is 19.1 Å². The van der Waals surface area contributed by atoms with Gasteiger partial charge in [-0.1, -0.05) is 12.1 Å². The molecule has 0 N–H and O–H groups in total. The van der Waals surface area contributed by atoms with E-state index < -0.39 is 10.5 Å². The highest BCUT2D eigenvalue weighted by Crippen LogP contribution is 2.37. The molecule has 2 heterocycles. The molecule has 0 spiro atoms. The summed E-state index contributed by atoms with van der Waals surface area (Å²) in [5.74, 6) is 0.467. The molecule has 0 radical (unpaired) electrons. The van der Waals surface area contributed by atoms with Gasteiger partial charge in [0, 0.05) is 30.5 Å². The van der Waals surface area contributed by atoms with Crippen LogP contribution in [0.4, 0.5) is 5.69 Å². The van der Waals surface area contributed by atoms with Crippen LogP contribution in [0.15, 0.2) is 62.2 Å². The number of furan rings is 1. The summed E-state index contributed by atoms with van der Waals surface area (Å²) >= 11 is 0. The van der Waals surface area contributed by atoms with Crippen molar-refractivity contribution in [3.05, 3.63) is 74.8 Å². The average Bonchev–Trinajstić information content (AvgIpc) is 3.07. The number of aryl methyl sites for hydroxylation is 1. The van der Waals surface area contributed by atoms with Crippen molar-refractivity contribution < 1.29 is 18.6 Å². The van der Waals surface area contributed by atoms with Crippen molar-refractivity contribution in [3.63, 3.8) is 0 Å². The smallest absolute Gasteiger partial charge is 0.348 e. The van der Waals surface area contributed by atoms with Crippen LogP contribution in [0.2, 0.25) is 0 Å². The number of carbonyl (C=O) groups is 1. The van der Waals surface area contributed by atoms with E-state index in [1.54, 1.807) is 30.3 Å². The number of carbonyl (C=O) groups excluding carboxylic acids is 1. The summed E-state index contributed by atoms with van der Waals surface area (Å²) in [4.78, 5) is 34.6. The number of nitro benzene ring substituents is 1. The van der Waals surface area contributed by atoms with Crippen LogP contribution in [0.5, 0.6) is 0 Å². The molecule has 0 atom stereocenters. The number of ketones is 1. The summed E-state index contributed by atoms with van der Waals surface area (Å²) in [6.45, 7) is 1.48. The number of hydrogen-bond donors (Lipinski definition) is 0. The minimum atomic E-state index is -0.556. The molecule has 0 aliphatic heterocycles. The van der Waals surface area contributed by atoms with Gasteiger partial charge in [-0.15, -0.1) is 0 Å². The SMILES string of the molecule is CC(=O)CCc1oc2c(c1-c1ccc([N+](=O)[O-])cc1)c(=O)oc1ccccc12. The lowest BCUT2D eigenvalue weighted by molar-refractivity contribution is -0.384. The highest BCUT2D eigenvalue weighted by molar-refractivity contribution is 6.07. The van der Waals surface area contributed by atoms with Gasteiger partial charge in [0.2, 0.25) is 0 Å². The predicted octanol–water partition coefficient (Wildman–Crippen LogP) is 4.64. The van der Waals surface area contributed by atoms with Crippen molar-refractivity contribution >= 4 is 33.4 Å². The zero-order valence-electron chi connectivity index (χ0n) is 14.9. The Hall–Kier alpha value is -3.74. The second kappa shape index (κ2) is 6.77. The lowest BCUT2D eigenvalue weighted by Gasteiger charge is -2.03. The maximum absolute atomic E-state index is 12.7. The van der Waals surface area contributed by atoms with Crippen LogP contribution in [0.3, 0.4) is 0 Å². The fourth-order valence-corrected chi connectivity index (χ4v) is 3.28. The van der Waals surface area contributed by atoms with Gasteiger partial charge >= 0.3 is 5.63 Å². The van der Waals surface area contributed by atoms with Crippen LogP contribution in [-0.4, -0.2) is 10.7 Å². The van der Waals surface area contributed by atoms with Gasteiger partial charge < -0.3 is 13.6 Å². The molecule has 0 aliphatic rings. The number of benzene rings is 2. The Balaban J connectivity index is 2.02. The third kappa shape index (κ3) is 2.96. The molecule has 2 aromatic carbocycles. The van der Waals surface area contributed by atoms with Crippen LogP contribution in [0.25, 0.3) is 33.1 Å². The molecule has 0 fully saturated rings. The third-order valence-corrected chi connectivity index (χ3v) is 4.59. The first-order valence-corrected chi connectivity index (χ1v) is 8.67. The van der Waals surface area contributed by atoms with E-state index in [9.17, 15) is 19.7 Å². The van der Waals surface area contributed by atoms with Gasteiger partial charge in [0.05, 0.1) is 10.3 Å². The van der Waals surface area contributed by atoms with E-state index in [0.717, 1.165) is 0 Å². The van der Waals surface area contributed by atoms with Crippen molar-refractivity contribution in [1.29, 1.82) is 0 Å². The fraction of sp³-hybridized carbons (Fsp3) is 0.143. The molecule has 0 aliphatic carbocycles. The van der Waals surface area contributed by atoms with Crippen LogP contribution in [-0.2, 0) is 11.2 Å². The molecular formula is C21H15NO6. The maximum atomic E-state index is 12.7. The number of para-hydroxylation sites is 1. The number of rotatable bonds is 5. The van der Waals surface area contributed by atoms with Gasteiger partial charge in [0.1, 0.15) is 22.5 Å². The molecule has 2 aromatic heterocycles. The molecule has 0 saturated heterocycles. The van der Waals surface area contributed by atoms with Crippen molar-refractivity contribution in [2.75, 3.05) is 0 Å².